The van der Waals surface area contributed by atoms with Crippen molar-refractivity contribution in [3.63, 3.8) is 0 Å². The van der Waals surface area contributed by atoms with Crippen LogP contribution in [0.5, 0.6) is 0 Å². The van der Waals surface area contributed by atoms with Gasteiger partial charge in [0.2, 0.25) is 5.91 Å². The number of hydrogen-bond donors (Lipinski definition) is 2. The molecule has 164 valence electrons. The van der Waals surface area contributed by atoms with Gasteiger partial charge in [0.25, 0.3) is 0 Å². The van der Waals surface area contributed by atoms with Crippen molar-refractivity contribution < 1.29 is 19.1 Å². The minimum Gasteiger partial charge on any atom is -0.449 e. The van der Waals surface area contributed by atoms with E-state index >= 15 is 0 Å². The van der Waals surface area contributed by atoms with Crippen LogP contribution in [0.2, 0.25) is 0 Å². The topological polar surface area (TPSA) is 107 Å². The normalized spacial score (nSPS) is 18.6. The van der Waals surface area contributed by atoms with Crippen LogP contribution in [0.15, 0.2) is 30.6 Å². The molecule has 4 rings (SSSR count). The van der Waals surface area contributed by atoms with Crippen LogP contribution in [0.3, 0.4) is 0 Å². The van der Waals surface area contributed by atoms with E-state index in [1.807, 2.05) is 12.1 Å². The molecule has 2 aromatic rings. The van der Waals surface area contributed by atoms with Gasteiger partial charge in [0, 0.05) is 36.4 Å². The summed E-state index contributed by atoms with van der Waals surface area (Å²) in [5.74, 6) is 0.0229. The van der Waals surface area contributed by atoms with E-state index in [9.17, 15) is 9.59 Å². The number of carbonyl (C=O) groups is 2. The summed E-state index contributed by atoms with van der Waals surface area (Å²) in [4.78, 5) is 31.4. The molecule has 1 unspecified atom stereocenters. The minimum absolute atomic E-state index is 0.231. The summed E-state index contributed by atoms with van der Waals surface area (Å²) in [5, 5.41) is 3.57. The standard InChI is InChI=1S/C22H26N4O4S/c23-20-17-5-3-16(14-30-22(28)26-8-10-29-11-9-26)12-18(17)31-21(20)25-19(27)6-4-15-2-1-7-24-13-15/h1-2,4,6-7,13,16H,3,5,8-12,14,23H2,(H,25,27)/b6-4+. The quantitative estimate of drug-likeness (QED) is 0.690. The first-order valence-corrected chi connectivity index (χ1v) is 11.2. The predicted molar refractivity (Wildman–Crippen MR) is 120 cm³/mol. The summed E-state index contributed by atoms with van der Waals surface area (Å²) in [6.07, 6.45) is 8.81. The maximum Gasteiger partial charge on any atom is 0.409 e. The lowest BCUT2D eigenvalue weighted by Gasteiger charge is -2.28. The Bertz CT molecular complexity index is 954. The predicted octanol–water partition coefficient (Wildman–Crippen LogP) is 2.95. The van der Waals surface area contributed by atoms with Crippen molar-refractivity contribution in [3.8, 4) is 0 Å². The van der Waals surface area contributed by atoms with Gasteiger partial charge in [0.15, 0.2) is 0 Å². The van der Waals surface area contributed by atoms with Gasteiger partial charge in [0.05, 0.1) is 25.5 Å². The van der Waals surface area contributed by atoms with Gasteiger partial charge in [-0.15, -0.1) is 11.3 Å². The minimum atomic E-state index is -0.270. The number of aromatic nitrogens is 1. The van der Waals surface area contributed by atoms with E-state index in [1.54, 1.807) is 23.4 Å². The van der Waals surface area contributed by atoms with E-state index < -0.39 is 0 Å². The highest BCUT2D eigenvalue weighted by Gasteiger charge is 2.27. The van der Waals surface area contributed by atoms with E-state index in [0.29, 0.717) is 43.6 Å². The number of hydrogen-bond acceptors (Lipinski definition) is 7. The molecule has 0 radical (unpaired) electrons. The molecule has 0 spiro atoms. The van der Waals surface area contributed by atoms with Gasteiger partial charge in [-0.25, -0.2) is 4.79 Å². The zero-order chi connectivity index (χ0) is 21.6. The molecule has 9 heteroatoms. The summed E-state index contributed by atoms with van der Waals surface area (Å²) in [6, 6.07) is 3.69. The Morgan fingerprint density at radius 1 is 1.39 bits per heavy atom. The molecule has 1 saturated heterocycles. The summed E-state index contributed by atoms with van der Waals surface area (Å²) in [7, 11) is 0. The average molecular weight is 443 g/mol. The van der Waals surface area contributed by atoms with Crippen LogP contribution in [0.1, 0.15) is 22.4 Å². The number of thiophene rings is 1. The second-order valence-electron chi connectivity index (χ2n) is 7.64. The average Bonchev–Trinajstić information content (AvgIpc) is 3.11. The molecule has 31 heavy (non-hydrogen) atoms. The van der Waals surface area contributed by atoms with Crippen LogP contribution in [0.25, 0.3) is 6.08 Å². The molecule has 8 nitrogen and oxygen atoms in total. The third-order valence-corrected chi connectivity index (χ3v) is 6.65. The number of nitrogens with one attached hydrogen (secondary N) is 1. The highest BCUT2D eigenvalue weighted by molar-refractivity contribution is 7.17. The smallest absolute Gasteiger partial charge is 0.409 e. The summed E-state index contributed by atoms with van der Waals surface area (Å²) in [5.41, 5.74) is 8.90. The maximum absolute atomic E-state index is 12.3. The maximum atomic E-state index is 12.3. The van der Waals surface area contributed by atoms with Crippen molar-refractivity contribution >= 4 is 40.1 Å². The Kier molecular flexibility index (Phi) is 6.83. The first-order chi connectivity index (χ1) is 15.1. The second-order valence-corrected chi connectivity index (χ2v) is 8.75. The third-order valence-electron chi connectivity index (χ3n) is 5.47. The van der Waals surface area contributed by atoms with Crippen LogP contribution in [0, 0.1) is 5.92 Å². The molecule has 3 N–H and O–H groups in total. The molecule has 0 bridgehead atoms. The van der Waals surface area contributed by atoms with Gasteiger partial charge in [-0.3, -0.25) is 9.78 Å². The molecule has 0 aromatic carbocycles. The molecule has 1 fully saturated rings. The highest BCUT2D eigenvalue weighted by Crippen LogP contribution is 2.41. The largest absolute Gasteiger partial charge is 0.449 e. The van der Waals surface area contributed by atoms with Gasteiger partial charge in [-0.2, -0.15) is 0 Å². The fourth-order valence-electron chi connectivity index (χ4n) is 3.74. The number of anilines is 2. The van der Waals surface area contributed by atoms with E-state index in [4.69, 9.17) is 15.2 Å². The monoisotopic (exact) mass is 442 g/mol. The molecular formula is C22H26N4O4S. The van der Waals surface area contributed by atoms with Gasteiger partial charge in [-0.05, 0) is 48.4 Å². The van der Waals surface area contributed by atoms with Crippen LogP contribution < -0.4 is 11.1 Å². The molecule has 1 aliphatic heterocycles. The number of nitrogens with zero attached hydrogens (tertiary/aromatic N) is 2. The highest BCUT2D eigenvalue weighted by atomic mass is 32.1. The Labute approximate surface area is 185 Å². The molecule has 2 amide bonds. The van der Waals surface area contributed by atoms with Gasteiger partial charge < -0.3 is 25.4 Å². The first-order valence-electron chi connectivity index (χ1n) is 10.4. The number of carbonyl (C=O) groups excluding carboxylic acids is 2. The van der Waals surface area contributed by atoms with Crippen molar-refractivity contribution in [2.24, 2.45) is 5.92 Å². The molecule has 3 heterocycles. The fraction of sp³-hybridized carbons (Fsp3) is 0.409. The van der Waals surface area contributed by atoms with Crippen molar-refractivity contribution in [1.29, 1.82) is 0 Å². The molecule has 2 aromatic heterocycles. The SMILES string of the molecule is Nc1c(NC(=O)/C=C/c2cccnc2)sc2c1CCC(COC(=O)N1CCOCC1)C2. The number of amides is 2. The summed E-state index contributed by atoms with van der Waals surface area (Å²) < 4.78 is 10.8. The Morgan fingerprint density at radius 2 is 2.23 bits per heavy atom. The fourth-order valence-corrected chi connectivity index (χ4v) is 5.03. The number of pyridine rings is 1. The zero-order valence-corrected chi connectivity index (χ0v) is 18.0. The van der Waals surface area contributed by atoms with Gasteiger partial charge in [0.1, 0.15) is 5.00 Å². The number of rotatable bonds is 5. The Balaban J connectivity index is 1.32. The van der Waals surface area contributed by atoms with Crippen LogP contribution in [-0.2, 0) is 27.1 Å². The van der Waals surface area contributed by atoms with Crippen molar-refractivity contribution in [2.75, 3.05) is 44.0 Å². The Hall–Kier alpha value is -2.91. The number of nitrogens with two attached hydrogens (primary N) is 1. The summed E-state index contributed by atoms with van der Waals surface area (Å²) in [6.45, 7) is 2.66. The molecule has 0 saturated carbocycles. The first kappa shape index (κ1) is 21.3. The van der Waals surface area contributed by atoms with Crippen molar-refractivity contribution in [2.45, 2.75) is 19.3 Å². The zero-order valence-electron chi connectivity index (χ0n) is 17.2. The van der Waals surface area contributed by atoms with E-state index in [-0.39, 0.29) is 17.9 Å². The number of nitrogen functional groups attached to an aromatic ring is 1. The lowest BCUT2D eigenvalue weighted by Crippen LogP contribution is -2.41. The number of fused-ring (bicyclic) bond motifs is 1. The summed E-state index contributed by atoms with van der Waals surface area (Å²) >= 11 is 1.51. The van der Waals surface area contributed by atoms with Crippen molar-refractivity contribution in [1.82, 2.24) is 9.88 Å². The molecule has 2 aliphatic rings. The van der Waals surface area contributed by atoms with Gasteiger partial charge >= 0.3 is 6.09 Å². The lowest BCUT2D eigenvalue weighted by molar-refractivity contribution is -0.111. The van der Waals surface area contributed by atoms with E-state index in [0.717, 1.165) is 35.3 Å². The third kappa shape index (κ3) is 5.42. The Morgan fingerprint density at radius 3 is 3.00 bits per heavy atom. The molecular weight excluding hydrogens is 416 g/mol. The van der Waals surface area contributed by atoms with Crippen LogP contribution in [0.4, 0.5) is 15.5 Å². The molecule has 1 aliphatic carbocycles. The van der Waals surface area contributed by atoms with Crippen molar-refractivity contribution in [3.05, 3.63) is 46.6 Å². The van der Waals surface area contributed by atoms with E-state index in [1.165, 1.54) is 17.4 Å². The van der Waals surface area contributed by atoms with Gasteiger partial charge in [-0.1, -0.05) is 6.07 Å². The molecule has 1 atom stereocenters. The van der Waals surface area contributed by atoms with Crippen LogP contribution >= 0.6 is 11.3 Å². The van der Waals surface area contributed by atoms with E-state index in [2.05, 4.69) is 10.3 Å². The second kappa shape index (κ2) is 9.93. The van der Waals surface area contributed by atoms with Crippen LogP contribution in [-0.4, -0.2) is 54.8 Å². The number of morpholine rings is 1. The number of ether oxygens (including phenoxy) is 2. The lowest BCUT2D eigenvalue weighted by atomic mass is 9.89.